The number of rotatable bonds is 4. The van der Waals surface area contributed by atoms with E-state index in [1.807, 2.05) is 13.8 Å². The van der Waals surface area contributed by atoms with Crippen molar-refractivity contribution in [3.8, 4) is 11.5 Å². The number of hydrogen-bond acceptors (Lipinski definition) is 3. The van der Waals surface area contributed by atoms with Gasteiger partial charge in [0.15, 0.2) is 11.5 Å². The average Bonchev–Trinajstić information content (AvgIpc) is 2.08. The SMILES string of the molecule is CC(C)Oc1ccc(CC(=O)O)cc1O. The summed E-state index contributed by atoms with van der Waals surface area (Å²) in [7, 11) is 0. The fraction of sp³-hybridized carbons (Fsp3) is 0.364. The lowest BCUT2D eigenvalue weighted by Crippen LogP contribution is -2.06. The lowest BCUT2D eigenvalue weighted by Gasteiger charge is -2.11. The van der Waals surface area contributed by atoms with Gasteiger partial charge in [-0.1, -0.05) is 6.07 Å². The molecule has 0 atom stereocenters. The maximum absolute atomic E-state index is 10.4. The van der Waals surface area contributed by atoms with E-state index in [0.717, 1.165) is 0 Å². The van der Waals surface area contributed by atoms with Crippen molar-refractivity contribution in [3.05, 3.63) is 23.8 Å². The van der Waals surface area contributed by atoms with E-state index in [4.69, 9.17) is 9.84 Å². The molecule has 1 rings (SSSR count). The van der Waals surface area contributed by atoms with Gasteiger partial charge >= 0.3 is 5.97 Å². The van der Waals surface area contributed by atoms with Crippen LogP contribution in [-0.2, 0) is 11.2 Å². The molecule has 0 amide bonds. The van der Waals surface area contributed by atoms with Crippen LogP contribution in [0.4, 0.5) is 0 Å². The quantitative estimate of drug-likeness (QED) is 0.795. The van der Waals surface area contributed by atoms with Crippen LogP contribution in [0.2, 0.25) is 0 Å². The molecule has 0 heterocycles. The third-order valence-electron chi connectivity index (χ3n) is 1.74. The highest BCUT2D eigenvalue weighted by molar-refractivity contribution is 5.70. The molecule has 4 nitrogen and oxygen atoms in total. The number of aromatic hydroxyl groups is 1. The molecular weight excluding hydrogens is 196 g/mol. The molecule has 15 heavy (non-hydrogen) atoms. The van der Waals surface area contributed by atoms with E-state index in [9.17, 15) is 9.90 Å². The molecule has 82 valence electrons. The Labute approximate surface area is 88.1 Å². The van der Waals surface area contributed by atoms with E-state index in [2.05, 4.69) is 0 Å². The number of ether oxygens (including phenoxy) is 1. The third kappa shape index (κ3) is 3.50. The van der Waals surface area contributed by atoms with Crippen molar-refractivity contribution in [3.63, 3.8) is 0 Å². The van der Waals surface area contributed by atoms with Crippen molar-refractivity contribution < 1.29 is 19.7 Å². The van der Waals surface area contributed by atoms with Crippen LogP contribution < -0.4 is 4.74 Å². The van der Waals surface area contributed by atoms with Gasteiger partial charge in [-0.2, -0.15) is 0 Å². The van der Waals surface area contributed by atoms with Gasteiger partial charge in [0, 0.05) is 0 Å². The molecule has 2 N–H and O–H groups in total. The highest BCUT2D eigenvalue weighted by Crippen LogP contribution is 2.27. The summed E-state index contributed by atoms with van der Waals surface area (Å²) in [5, 5.41) is 18.1. The van der Waals surface area contributed by atoms with Gasteiger partial charge in [-0.25, -0.2) is 0 Å². The van der Waals surface area contributed by atoms with Gasteiger partial charge in [0.05, 0.1) is 12.5 Å². The summed E-state index contributed by atoms with van der Waals surface area (Å²) in [6, 6.07) is 4.62. The molecule has 0 spiro atoms. The Balaban J connectivity index is 2.83. The highest BCUT2D eigenvalue weighted by atomic mass is 16.5. The summed E-state index contributed by atoms with van der Waals surface area (Å²) < 4.78 is 5.31. The van der Waals surface area contributed by atoms with Crippen LogP contribution in [-0.4, -0.2) is 22.3 Å². The van der Waals surface area contributed by atoms with Crippen molar-refractivity contribution in [2.24, 2.45) is 0 Å². The maximum atomic E-state index is 10.4. The van der Waals surface area contributed by atoms with E-state index in [1.54, 1.807) is 12.1 Å². The zero-order valence-electron chi connectivity index (χ0n) is 8.73. The van der Waals surface area contributed by atoms with Crippen LogP contribution >= 0.6 is 0 Å². The monoisotopic (exact) mass is 210 g/mol. The molecule has 0 radical (unpaired) electrons. The number of phenolic OH excluding ortho intramolecular Hbond substituents is 1. The normalized spacial score (nSPS) is 10.3. The van der Waals surface area contributed by atoms with Crippen LogP contribution in [0.25, 0.3) is 0 Å². The van der Waals surface area contributed by atoms with Crippen LogP contribution in [0.3, 0.4) is 0 Å². The molecule has 0 saturated heterocycles. The molecule has 0 bridgehead atoms. The molecule has 0 aromatic heterocycles. The topological polar surface area (TPSA) is 66.8 Å². The van der Waals surface area contributed by atoms with Crippen molar-refractivity contribution in [1.82, 2.24) is 0 Å². The van der Waals surface area contributed by atoms with Gasteiger partial charge < -0.3 is 14.9 Å². The van der Waals surface area contributed by atoms with Crippen LogP contribution in [0.15, 0.2) is 18.2 Å². The molecule has 4 heteroatoms. The summed E-state index contributed by atoms with van der Waals surface area (Å²) >= 11 is 0. The van der Waals surface area contributed by atoms with Crippen molar-refractivity contribution >= 4 is 5.97 Å². The average molecular weight is 210 g/mol. The molecule has 0 fully saturated rings. The first kappa shape index (κ1) is 11.4. The summed E-state index contributed by atoms with van der Waals surface area (Å²) in [5.41, 5.74) is 0.552. The Morgan fingerprint density at radius 2 is 2.13 bits per heavy atom. The zero-order chi connectivity index (χ0) is 11.4. The number of carboxylic acids is 1. The minimum absolute atomic E-state index is 0.0255. The van der Waals surface area contributed by atoms with Gasteiger partial charge in [-0.05, 0) is 31.5 Å². The molecule has 0 aliphatic carbocycles. The zero-order valence-corrected chi connectivity index (χ0v) is 8.73. The van der Waals surface area contributed by atoms with Crippen LogP contribution in [0.5, 0.6) is 11.5 Å². The van der Waals surface area contributed by atoms with Crippen molar-refractivity contribution in [2.45, 2.75) is 26.4 Å². The van der Waals surface area contributed by atoms with Crippen molar-refractivity contribution in [2.75, 3.05) is 0 Å². The molecule has 0 aliphatic heterocycles. The second-order valence-electron chi connectivity index (χ2n) is 3.54. The molecule has 0 saturated carbocycles. The Kier molecular flexibility index (Phi) is 3.55. The van der Waals surface area contributed by atoms with E-state index in [-0.39, 0.29) is 18.3 Å². The lowest BCUT2D eigenvalue weighted by molar-refractivity contribution is -0.136. The van der Waals surface area contributed by atoms with Crippen LogP contribution in [0, 0.1) is 0 Å². The van der Waals surface area contributed by atoms with E-state index < -0.39 is 5.97 Å². The molecule has 0 aliphatic rings. The number of carboxylic acid groups (broad SMARTS) is 1. The second-order valence-corrected chi connectivity index (χ2v) is 3.54. The third-order valence-corrected chi connectivity index (χ3v) is 1.74. The predicted octanol–water partition coefficient (Wildman–Crippen LogP) is 1.81. The molecule has 1 aromatic rings. The Morgan fingerprint density at radius 3 is 2.60 bits per heavy atom. The first-order chi connectivity index (χ1) is 6.99. The number of benzene rings is 1. The molecular formula is C11H14O4. The maximum Gasteiger partial charge on any atom is 0.307 e. The summed E-state index contributed by atoms with van der Waals surface area (Å²) in [6.45, 7) is 3.70. The first-order valence-electron chi connectivity index (χ1n) is 4.69. The van der Waals surface area contributed by atoms with Gasteiger partial charge in [0.1, 0.15) is 0 Å². The van der Waals surface area contributed by atoms with E-state index in [1.165, 1.54) is 6.07 Å². The van der Waals surface area contributed by atoms with Crippen molar-refractivity contribution in [1.29, 1.82) is 0 Å². The van der Waals surface area contributed by atoms with E-state index in [0.29, 0.717) is 11.3 Å². The van der Waals surface area contributed by atoms with E-state index >= 15 is 0 Å². The highest BCUT2D eigenvalue weighted by Gasteiger charge is 2.07. The standard InChI is InChI=1S/C11H14O4/c1-7(2)15-10-4-3-8(5-9(10)12)6-11(13)14/h3-5,7,12H,6H2,1-2H3,(H,13,14). The summed E-state index contributed by atoms with van der Waals surface area (Å²) in [5.74, 6) is -0.575. The summed E-state index contributed by atoms with van der Waals surface area (Å²) in [4.78, 5) is 10.4. The number of phenols is 1. The van der Waals surface area contributed by atoms with Gasteiger partial charge in [-0.3, -0.25) is 4.79 Å². The van der Waals surface area contributed by atoms with Gasteiger partial charge in [0.2, 0.25) is 0 Å². The van der Waals surface area contributed by atoms with Crippen LogP contribution in [0.1, 0.15) is 19.4 Å². The molecule has 1 aromatic carbocycles. The second kappa shape index (κ2) is 4.68. The predicted molar refractivity (Wildman–Crippen MR) is 55.2 cm³/mol. The lowest BCUT2D eigenvalue weighted by atomic mass is 10.1. The fourth-order valence-corrected chi connectivity index (χ4v) is 1.20. The number of aliphatic carboxylic acids is 1. The minimum Gasteiger partial charge on any atom is -0.504 e. The largest absolute Gasteiger partial charge is 0.504 e. The minimum atomic E-state index is -0.924. The smallest absolute Gasteiger partial charge is 0.307 e. The Bertz CT molecular complexity index is 358. The fourth-order valence-electron chi connectivity index (χ4n) is 1.20. The Morgan fingerprint density at radius 1 is 1.47 bits per heavy atom. The van der Waals surface area contributed by atoms with Gasteiger partial charge in [-0.15, -0.1) is 0 Å². The number of hydrogen-bond donors (Lipinski definition) is 2. The summed E-state index contributed by atoms with van der Waals surface area (Å²) in [6.07, 6.45) is -0.128. The first-order valence-corrected chi connectivity index (χ1v) is 4.69. The number of carbonyl (C=O) groups is 1. The molecule has 0 unspecified atom stereocenters. The Hall–Kier alpha value is -1.71. The van der Waals surface area contributed by atoms with Gasteiger partial charge in [0.25, 0.3) is 0 Å².